The van der Waals surface area contributed by atoms with Crippen LogP contribution >= 0.6 is 0 Å². The molecule has 0 aliphatic carbocycles. The number of carbonyl (C=O) groups excluding carboxylic acids is 1. The van der Waals surface area contributed by atoms with Gasteiger partial charge in [-0.1, -0.05) is 0 Å². The summed E-state index contributed by atoms with van der Waals surface area (Å²) in [5, 5.41) is 2.62. The van der Waals surface area contributed by atoms with E-state index >= 15 is 0 Å². The van der Waals surface area contributed by atoms with Crippen LogP contribution in [0.4, 0.5) is 14.9 Å². The Morgan fingerprint density at radius 1 is 1.08 bits per heavy atom. The normalized spacial score (nSPS) is 10.1. The molecular formula is C18H21FN2O4. The summed E-state index contributed by atoms with van der Waals surface area (Å²) in [6.07, 6.45) is 0. The number of rotatable bonds is 7. The lowest BCUT2D eigenvalue weighted by atomic mass is 10.3. The second-order valence-corrected chi connectivity index (χ2v) is 5.23. The van der Waals surface area contributed by atoms with Crippen LogP contribution in [0.1, 0.15) is 0 Å². The van der Waals surface area contributed by atoms with E-state index in [-0.39, 0.29) is 11.8 Å². The summed E-state index contributed by atoms with van der Waals surface area (Å²) in [4.78, 5) is 13.5. The van der Waals surface area contributed by atoms with Gasteiger partial charge < -0.3 is 24.4 Å². The molecule has 0 heterocycles. The molecule has 0 radical (unpaired) electrons. The summed E-state index contributed by atoms with van der Waals surface area (Å²) in [5.74, 6) is 1.02. The number of urea groups is 1. The Hall–Kier alpha value is -2.96. The molecule has 25 heavy (non-hydrogen) atoms. The molecule has 0 unspecified atom stereocenters. The molecule has 0 spiro atoms. The van der Waals surface area contributed by atoms with E-state index in [4.69, 9.17) is 14.2 Å². The van der Waals surface area contributed by atoms with Crippen LogP contribution in [0.15, 0.2) is 42.5 Å². The van der Waals surface area contributed by atoms with Crippen LogP contribution in [-0.4, -0.2) is 45.3 Å². The molecule has 6 nitrogen and oxygen atoms in total. The van der Waals surface area contributed by atoms with Crippen molar-refractivity contribution in [2.75, 3.05) is 39.7 Å². The van der Waals surface area contributed by atoms with Gasteiger partial charge in [0.25, 0.3) is 0 Å². The highest BCUT2D eigenvalue weighted by Crippen LogP contribution is 2.21. The highest BCUT2D eigenvalue weighted by molar-refractivity contribution is 5.89. The Morgan fingerprint density at radius 3 is 2.36 bits per heavy atom. The van der Waals surface area contributed by atoms with Gasteiger partial charge in [-0.15, -0.1) is 0 Å². The molecule has 0 saturated carbocycles. The highest BCUT2D eigenvalue weighted by Gasteiger charge is 2.11. The lowest BCUT2D eigenvalue weighted by Gasteiger charge is -2.18. The molecular weight excluding hydrogens is 327 g/mol. The zero-order chi connectivity index (χ0) is 18.2. The van der Waals surface area contributed by atoms with Crippen LogP contribution in [0, 0.1) is 5.82 Å². The molecule has 0 aliphatic rings. The van der Waals surface area contributed by atoms with Gasteiger partial charge in [-0.2, -0.15) is 0 Å². The fourth-order valence-corrected chi connectivity index (χ4v) is 2.04. The third-order valence-corrected chi connectivity index (χ3v) is 3.50. The SMILES string of the molecule is COc1ccc(OCCN(C)C(=O)Nc2ccc(OC)c(F)c2)cc1. The van der Waals surface area contributed by atoms with Gasteiger partial charge in [-0.3, -0.25) is 0 Å². The second-order valence-electron chi connectivity index (χ2n) is 5.23. The lowest BCUT2D eigenvalue weighted by Crippen LogP contribution is -2.34. The number of carbonyl (C=O) groups is 1. The molecule has 0 saturated heterocycles. The fraction of sp³-hybridized carbons (Fsp3) is 0.278. The number of amides is 2. The monoisotopic (exact) mass is 348 g/mol. The number of nitrogens with one attached hydrogen (secondary N) is 1. The summed E-state index contributed by atoms with van der Waals surface area (Å²) in [5.41, 5.74) is 0.353. The van der Waals surface area contributed by atoms with Crippen molar-refractivity contribution in [2.24, 2.45) is 0 Å². The van der Waals surface area contributed by atoms with E-state index in [0.717, 1.165) is 5.75 Å². The van der Waals surface area contributed by atoms with Crippen LogP contribution in [0.25, 0.3) is 0 Å². The number of anilines is 1. The number of nitrogens with zero attached hydrogens (tertiary/aromatic N) is 1. The number of methoxy groups -OCH3 is 2. The van der Waals surface area contributed by atoms with Crippen LogP contribution in [0.5, 0.6) is 17.2 Å². The van der Waals surface area contributed by atoms with E-state index in [2.05, 4.69) is 5.32 Å². The molecule has 0 atom stereocenters. The van der Waals surface area contributed by atoms with Crippen LogP contribution in [0.2, 0.25) is 0 Å². The average molecular weight is 348 g/mol. The third-order valence-electron chi connectivity index (χ3n) is 3.50. The quantitative estimate of drug-likeness (QED) is 0.833. The first-order valence-electron chi connectivity index (χ1n) is 7.66. The summed E-state index contributed by atoms with van der Waals surface area (Å²) in [6.45, 7) is 0.698. The first-order valence-corrected chi connectivity index (χ1v) is 7.66. The zero-order valence-electron chi connectivity index (χ0n) is 14.4. The molecule has 7 heteroatoms. The minimum atomic E-state index is -0.536. The van der Waals surface area contributed by atoms with E-state index in [1.54, 1.807) is 44.5 Å². The minimum absolute atomic E-state index is 0.124. The molecule has 2 amide bonds. The van der Waals surface area contributed by atoms with Gasteiger partial charge in [0.2, 0.25) is 0 Å². The molecule has 0 aliphatic heterocycles. The zero-order valence-corrected chi connectivity index (χ0v) is 14.4. The van der Waals surface area contributed by atoms with Gasteiger partial charge in [0.05, 0.1) is 20.8 Å². The number of benzene rings is 2. The largest absolute Gasteiger partial charge is 0.497 e. The molecule has 0 aromatic heterocycles. The van der Waals surface area contributed by atoms with Crippen LogP contribution < -0.4 is 19.5 Å². The Labute approximate surface area is 146 Å². The number of likely N-dealkylation sites (N-methyl/N-ethyl adjacent to an activating group) is 1. The van der Waals surface area contributed by atoms with Crippen molar-refractivity contribution < 1.29 is 23.4 Å². The van der Waals surface area contributed by atoms with Gasteiger partial charge in [0.15, 0.2) is 11.6 Å². The van der Waals surface area contributed by atoms with Gasteiger partial charge in [-0.25, -0.2) is 9.18 Å². The van der Waals surface area contributed by atoms with Crippen molar-refractivity contribution in [3.8, 4) is 17.2 Å². The van der Waals surface area contributed by atoms with Crippen LogP contribution in [-0.2, 0) is 0 Å². The van der Waals surface area contributed by atoms with Gasteiger partial charge >= 0.3 is 6.03 Å². The number of ether oxygens (including phenoxy) is 3. The van der Waals surface area contributed by atoms with Crippen molar-refractivity contribution in [3.05, 3.63) is 48.3 Å². The first-order chi connectivity index (χ1) is 12.0. The van der Waals surface area contributed by atoms with Gasteiger partial charge in [0.1, 0.15) is 18.1 Å². The minimum Gasteiger partial charge on any atom is -0.497 e. The number of halogens is 1. The predicted octanol–water partition coefficient (Wildman–Crippen LogP) is 3.39. The molecule has 2 rings (SSSR count). The number of hydrogen-bond acceptors (Lipinski definition) is 4. The maximum Gasteiger partial charge on any atom is 0.321 e. The van der Waals surface area contributed by atoms with E-state index in [1.807, 2.05) is 0 Å². The maximum atomic E-state index is 13.6. The highest BCUT2D eigenvalue weighted by atomic mass is 19.1. The first kappa shape index (κ1) is 18.4. The third kappa shape index (κ3) is 5.27. The Morgan fingerprint density at radius 2 is 1.76 bits per heavy atom. The summed E-state index contributed by atoms with van der Waals surface area (Å²) in [7, 11) is 4.61. The molecule has 1 N–H and O–H groups in total. The standard InChI is InChI=1S/C18H21FN2O4/c1-21(10-11-25-15-7-5-14(23-2)6-8-15)18(22)20-13-4-9-17(24-3)16(19)12-13/h4-9,12H,10-11H2,1-3H3,(H,20,22). The van der Waals surface area contributed by atoms with Crippen molar-refractivity contribution in [3.63, 3.8) is 0 Å². The van der Waals surface area contributed by atoms with Gasteiger partial charge in [-0.05, 0) is 36.4 Å². The smallest absolute Gasteiger partial charge is 0.321 e. The van der Waals surface area contributed by atoms with Crippen molar-refractivity contribution in [1.82, 2.24) is 4.90 Å². The van der Waals surface area contributed by atoms with E-state index < -0.39 is 5.82 Å². The second kappa shape index (κ2) is 8.77. The van der Waals surface area contributed by atoms with Crippen molar-refractivity contribution in [1.29, 1.82) is 0 Å². The Kier molecular flexibility index (Phi) is 6.45. The van der Waals surface area contributed by atoms with Gasteiger partial charge in [0, 0.05) is 18.8 Å². The molecule has 2 aromatic rings. The summed E-state index contributed by atoms with van der Waals surface area (Å²) in [6, 6.07) is 11.0. The molecule has 0 bridgehead atoms. The fourth-order valence-electron chi connectivity index (χ4n) is 2.04. The van der Waals surface area contributed by atoms with Crippen LogP contribution in [0.3, 0.4) is 0 Å². The average Bonchev–Trinajstić information content (AvgIpc) is 2.62. The molecule has 0 fully saturated rings. The maximum absolute atomic E-state index is 13.6. The predicted molar refractivity (Wildman–Crippen MR) is 93.1 cm³/mol. The van der Waals surface area contributed by atoms with E-state index in [0.29, 0.717) is 24.6 Å². The lowest BCUT2D eigenvalue weighted by molar-refractivity contribution is 0.207. The molecule has 134 valence electrons. The Balaban J connectivity index is 1.80. The van der Waals surface area contributed by atoms with E-state index in [9.17, 15) is 9.18 Å². The van der Waals surface area contributed by atoms with Crippen molar-refractivity contribution >= 4 is 11.7 Å². The Bertz CT molecular complexity index is 707. The summed E-state index contributed by atoms with van der Waals surface area (Å²) < 4.78 is 29.1. The van der Waals surface area contributed by atoms with Crippen molar-refractivity contribution in [2.45, 2.75) is 0 Å². The van der Waals surface area contributed by atoms with E-state index in [1.165, 1.54) is 24.1 Å². The summed E-state index contributed by atoms with van der Waals surface area (Å²) >= 11 is 0. The topological polar surface area (TPSA) is 60.0 Å². The number of hydrogen-bond donors (Lipinski definition) is 1. The molecule has 2 aromatic carbocycles.